The van der Waals surface area contributed by atoms with E-state index in [1.54, 1.807) is 19.1 Å². The second-order valence-electron chi connectivity index (χ2n) is 9.42. The Morgan fingerprint density at radius 1 is 1.03 bits per heavy atom. The first-order valence-electron chi connectivity index (χ1n) is 11.1. The van der Waals surface area contributed by atoms with Crippen molar-refractivity contribution in [1.82, 2.24) is 4.57 Å². The Balaban J connectivity index is 1.88. The third-order valence-electron chi connectivity index (χ3n) is 7.24. The Morgan fingerprint density at radius 2 is 1.77 bits per heavy atom. The van der Waals surface area contributed by atoms with Crippen molar-refractivity contribution >= 4 is 22.8 Å². The zero-order valence-corrected chi connectivity index (χ0v) is 17.7. The molecule has 0 radical (unpaired) electrons. The van der Waals surface area contributed by atoms with Crippen LogP contribution >= 0.6 is 0 Å². The van der Waals surface area contributed by atoms with Gasteiger partial charge in [0, 0.05) is 23.0 Å². The molecule has 0 spiro atoms. The molecule has 2 N–H and O–H groups in total. The van der Waals surface area contributed by atoms with Crippen molar-refractivity contribution < 1.29 is 19.8 Å². The van der Waals surface area contributed by atoms with Crippen LogP contribution in [0.15, 0.2) is 42.5 Å². The van der Waals surface area contributed by atoms with Crippen molar-refractivity contribution in [3.05, 3.63) is 59.2 Å². The van der Waals surface area contributed by atoms with Gasteiger partial charge >= 0.3 is 11.9 Å². The molecule has 1 saturated carbocycles. The zero-order valence-electron chi connectivity index (χ0n) is 17.7. The predicted octanol–water partition coefficient (Wildman–Crippen LogP) is 5.70. The summed E-state index contributed by atoms with van der Waals surface area (Å²) in [5, 5.41) is 20.8. The molecule has 1 aliphatic heterocycles. The molecule has 5 nitrogen and oxygen atoms in total. The number of carboxylic acids is 2. The highest BCUT2D eigenvalue weighted by Gasteiger charge is 2.40. The highest BCUT2D eigenvalue weighted by molar-refractivity contribution is 5.99. The fourth-order valence-corrected chi connectivity index (χ4v) is 5.64. The lowest BCUT2D eigenvalue weighted by molar-refractivity contribution is -0.148. The summed E-state index contributed by atoms with van der Waals surface area (Å²) in [4.78, 5) is 24.1. The van der Waals surface area contributed by atoms with Crippen molar-refractivity contribution in [2.45, 2.75) is 57.9 Å². The Hall–Kier alpha value is -3.08. The monoisotopic (exact) mass is 417 g/mol. The van der Waals surface area contributed by atoms with Crippen LogP contribution in [0.3, 0.4) is 0 Å². The molecular weight excluding hydrogens is 390 g/mol. The maximum Gasteiger partial charge on any atom is 0.335 e. The Morgan fingerprint density at radius 3 is 2.48 bits per heavy atom. The average molecular weight is 418 g/mol. The minimum Gasteiger partial charge on any atom is -0.481 e. The summed E-state index contributed by atoms with van der Waals surface area (Å²) in [6, 6.07) is 13.5. The van der Waals surface area contributed by atoms with E-state index in [9.17, 15) is 19.8 Å². The van der Waals surface area contributed by atoms with Gasteiger partial charge in [0.1, 0.15) is 0 Å². The van der Waals surface area contributed by atoms with Gasteiger partial charge < -0.3 is 14.8 Å². The molecule has 3 aromatic rings. The topological polar surface area (TPSA) is 79.5 Å². The Labute approximate surface area is 181 Å². The molecule has 2 heterocycles. The van der Waals surface area contributed by atoms with Crippen LogP contribution in [0.1, 0.15) is 66.4 Å². The number of hydrogen-bond donors (Lipinski definition) is 2. The quantitative estimate of drug-likeness (QED) is 0.573. The van der Waals surface area contributed by atoms with Gasteiger partial charge in [-0.25, -0.2) is 4.79 Å². The number of aromatic carboxylic acids is 1. The van der Waals surface area contributed by atoms with Gasteiger partial charge in [0.2, 0.25) is 0 Å². The molecule has 160 valence electrons. The summed E-state index contributed by atoms with van der Waals surface area (Å²) in [5.74, 6) is -1.39. The van der Waals surface area contributed by atoms with E-state index < -0.39 is 17.4 Å². The van der Waals surface area contributed by atoms with E-state index in [1.165, 1.54) is 24.8 Å². The number of fused-ring (bicyclic) bond motifs is 5. The van der Waals surface area contributed by atoms with E-state index in [1.807, 2.05) is 24.3 Å². The number of hydrogen-bond acceptors (Lipinski definition) is 2. The Kier molecular flexibility index (Phi) is 4.65. The fourth-order valence-electron chi connectivity index (χ4n) is 5.64. The van der Waals surface area contributed by atoms with Crippen molar-refractivity contribution in [2.24, 2.45) is 5.41 Å². The summed E-state index contributed by atoms with van der Waals surface area (Å²) >= 11 is 0. The maximum atomic E-state index is 12.4. The van der Waals surface area contributed by atoms with Crippen LogP contribution in [-0.4, -0.2) is 26.7 Å². The SMILES string of the molecule is CC1(C(=O)O)Cc2ccccc2-c2c(C3CCCCC3)c3ccc(C(=O)O)cc3n2C1. The molecule has 0 bridgehead atoms. The fraction of sp³-hybridized carbons (Fsp3) is 0.385. The first kappa shape index (κ1) is 19.9. The molecule has 0 amide bonds. The third kappa shape index (κ3) is 3.14. The molecule has 0 saturated heterocycles. The van der Waals surface area contributed by atoms with Gasteiger partial charge in [-0.1, -0.05) is 49.6 Å². The van der Waals surface area contributed by atoms with Crippen LogP contribution in [0.5, 0.6) is 0 Å². The molecule has 2 aromatic carbocycles. The number of aliphatic carboxylic acids is 1. The van der Waals surface area contributed by atoms with Crippen molar-refractivity contribution in [3.8, 4) is 11.3 Å². The highest BCUT2D eigenvalue weighted by Crippen LogP contribution is 2.48. The Bertz CT molecular complexity index is 1200. The van der Waals surface area contributed by atoms with Crippen LogP contribution in [0, 0.1) is 5.41 Å². The van der Waals surface area contributed by atoms with Crippen molar-refractivity contribution in [1.29, 1.82) is 0 Å². The van der Waals surface area contributed by atoms with E-state index in [-0.39, 0.29) is 5.56 Å². The second-order valence-corrected chi connectivity index (χ2v) is 9.42. The standard InChI is InChI=1S/C26H27NO4/c1-26(25(30)31)14-18-9-5-6-10-19(18)23-22(16-7-3-2-4-8-16)20-12-11-17(24(28)29)13-21(20)27(23)15-26/h5-6,9-13,16H,2-4,7-8,14-15H2,1H3,(H,28,29)(H,30,31). The molecule has 1 fully saturated rings. The van der Waals surface area contributed by atoms with Crippen molar-refractivity contribution in [2.75, 3.05) is 0 Å². The molecule has 1 aromatic heterocycles. The zero-order chi connectivity index (χ0) is 21.8. The number of benzene rings is 2. The first-order chi connectivity index (χ1) is 14.9. The molecule has 1 atom stereocenters. The molecule has 5 rings (SSSR count). The minimum atomic E-state index is -0.976. The van der Waals surface area contributed by atoms with Crippen LogP contribution in [-0.2, 0) is 17.8 Å². The van der Waals surface area contributed by atoms with Gasteiger partial charge in [0.25, 0.3) is 0 Å². The van der Waals surface area contributed by atoms with Crippen molar-refractivity contribution in [3.63, 3.8) is 0 Å². The average Bonchev–Trinajstić information content (AvgIpc) is 2.99. The number of aromatic nitrogens is 1. The number of carbonyl (C=O) groups is 2. The molecule has 5 heteroatoms. The smallest absolute Gasteiger partial charge is 0.335 e. The summed E-state index contributed by atoms with van der Waals surface area (Å²) in [5.41, 5.74) is 4.58. The highest BCUT2D eigenvalue weighted by atomic mass is 16.4. The predicted molar refractivity (Wildman–Crippen MR) is 120 cm³/mol. The van der Waals surface area contributed by atoms with Gasteiger partial charge in [-0.3, -0.25) is 4.79 Å². The summed E-state index contributed by atoms with van der Waals surface area (Å²) in [7, 11) is 0. The van der Waals surface area contributed by atoms with Gasteiger partial charge in [-0.15, -0.1) is 0 Å². The molecular formula is C26H27NO4. The normalized spacial score (nSPS) is 21.3. The number of rotatable bonds is 3. The number of carboxylic acid groups (broad SMARTS) is 2. The maximum absolute atomic E-state index is 12.4. The van der Waals surface area contributed by atoms with E-state index >= 15 is 0 Å². The van der Waals surface area contributed by atoms with E-state index in [4.69, 9.17) is 0 Å². The third-order valence-corrected chi connectivity index (χ3v) is 7.24. The summed E-state index contributed by atoms with van der Waals surface area (Å²) in [6.45, 7) is 2.12. The minimum absolute atomic E-state index is 0.234. The molecule has 31 heavy (non-hydrogen) atoms. The lowest BCUT2D eigenvalue weighted by atomic mass is 9.80. The van der Waals surface area contributed by atoms with Crippen LogP contribution in [0.4, 0.5) is 0 Å². The molecule has 1 unspecified atom stereocenters. The van der Waals surface area contributed by atoms with E-state index in [2.05, 4.69) is 10.6 Å². The van der Waals surface area contributed by atoms with Crippen LogP contribution < -0.4 is 0 Å². The number of nitrogens with zero attached hydrogens (tertiary/aromatic N) is 1. The first-order valence-corrected chi connectivity index (χ1v) is 11.1. The largest absolute Gasteiger partial charge is 0.481 e. The summed E-state index contributed by atoms with van der Waals surface area (Å²) < 4.78 is 2.10. The van der Waals surface area contributed by atoms with Gasteiger partial charge in [0.05, 0.1) is 16.7 Å². The van der Waals surface area contributed by atoms with E-state index in [0.29, 0.717) is 18.9 Å². The van der Waals surface area contributed by atoms with Crippen LogP contribution in [0.25, 0.3) is 22.2 Å². The van der Waals surface area contributed by atoms with E-state index in [0.717, 1.165) is 40.6 Å². The lowest BCUT2D eigenvalue weighted by Gasteiger charge is -2.24. The molecule has 2 aliphatic rings. The van der Waals surface area contributed by atoms with Gasteiger partial charge in [-0.05, 0) is 55.4 Å². The summed E-state index contributed by atoms with van der Waals surface area (Å²) in [6.07, 6.45) is 6.32. The van der Waals surface area contributed by atoms with Crippen LogP contribution in [0.2, 0.25) is 0 Å². The molecule has 1 aliphatic carbocycles. The van der Waals surface area contributed by atoms with Gasteiger partial charge in [0.15, 0.2) is 0 Å². The second kappa shape index (κ2) is 7.26. The van der Waals surface area contributed by atoms with Gasteiger partial charge in [-0.2, -0.15) is 0 Å². The lowest BCUT2D eigenvalue weighted by Crippen LogP contribution is -2.33.